The van der Waals surface area contributed by atoms with Crippen molar-refractivity contribution in [2.24, 2.45) is 5.92 Å². The van der Waals surface area contributed by atoms with Crippen molar-refractivity contribution < 1.29 is 22.7 Å². The van der Waals surface area contributed by atoms with E-state index in [4.69, 9.17) is 0 Å². The van der Waals surface area contributed by atoms with E-state index in [2.05, 4.69) is 15.0 Å². The fraction of sp³-hybridized carbons (Fsp3) is 0.409. The normalized spacial score (nSPS) is 17.3. The molecule has 0 aromatic heterocycles. The summed E-state index contributed by atoms with van der Waals surface area (Å²) in [6, 6.07) is 12.9. The van der Waals surface area contributed by atoms with Gasteiger partial charge in [-0.3, -0.25) is 9.69 Å². The third-order valence-corrected chi connectivity index (χ3v) is 5.11. The number of hydrogen-bond acceptors (Lipinski definition) is 3. The first kappa shape index (κ1) is 21.2. The minimum absolute atomic E-state index is 0.193. The molecule has 29 heavy (non-hydrogen) atoms. The van der Waals surface area contributed by atoms with Gasteiger partial charge in [0.15, 0.2) is 0 Å². The zero-order valence-corrected chi connectivity index (χ0v) is 16.1. The number of ether oxygens (including phenoxy) is 1. The highest BCUT2D eigenvalue weighted by molar-refractivity contribution is 5.90. The third kappa shape index (κ3) is 6.49. The number of carbonyl (C=O) groups excluding carboxylic acids is 1. The van der Waals surface area contributed by atoms with Gasteiger partial charge < -0.3 is 10.1 Å². The van der Waals surface area contributed by atoms with Crippen molar-refractivity contribution in [1.29, 1.82) is 0 Å². The molecule has 1 atom stereocenters. The summed E-state index contributed by atoms with van der Waals surface area (Å²) >= 11 is 0. The summed E-state index contributed by atoms with van der Waals surface area (Å²) in [5.41, 5.74) is 0.921. The molecule has 1 saturated heterocycles. The standard InChI is InChI=1S/C22H25F3N2O2/c23-18-8-2-3-9-19(18)26-21(28)12-11-16-6-5-13-27(14-16)15-17-7-1-4-10-20(17)29-22(24)25/h1-4,7-10,16,22H,5-6,11-15H2,(H,26,28)/t16-/m1/s1. The fourth-order valence-corrected chi connectivity index (χ4v) is 3.73. The van der Waals surface area contributed by atoms with Crippen molar-refractivity contribution in [3.05, 3.63) is 59.9 Å². The second-order valence-electron chi connectivity index (χ2n) is 7.30. The maximum absolute atomic E-state index is 13.6. The van der Waals surface area contributed by atoms with Gasteiger partial charge in [-0.25, -0.2) is 4.39 Å². The van der Waals surface area contributed by atoms with Crippen LogP contribution in [-0.2, 0) is 11.3 Å². The minimum atomic E-state index is -2.85. The zero-order chi connectivity index (χ0) is 20.6. The predicted octanol–water partition coefficient (Wildman–Crippen LogP) is 5.06. The van der Waals surface area contributed by atoms with Crippen LogP contribution in [0.1, 0.15) is 31.2 Å². The number of alkyl halides is 2. The number of amides is 1. The van der Waals surface area contributed by atoms with E-state index in [-0.39, 0.29) is 17.3 Å². The Morgan fingerprint density at radius 3 is 2.72 bits per heavy atom. The number of likely N-dealkylation sites (tertiary alicyclic amines) is 1. The molecule has 1 N–H and O–H groups in total. The van der Waals surface area contributed by atoms with E-state index in [1.54, 1.807) is 30.3 Å². The molecule has 7 heteroatoms. The van der Waals surface area contributed by atoms with Gasteiger partial charge >= 0.3 is 6.61 Å². The summed E-state index contributed by atoms with van der Waals surface area (Å²) in [5.74, 6) is -0.121. The van der Waals surface area contributed by atoms with Crippen molar-refractivity contribution in [2.75, 3.05) is 18.4 Å². The summed E-state index contributed by atoms with van der Waals surface area (Å²) in [5, 5.41) is 2.61. The van der Waals surface area contributed by atoms with Crippen LogP contribution in [0.25, 0.3) is 0 Å². The Hall–Kier alpha value is -2.54. The van der Waals surface area contributed by atoms with Gasteiger partial charge in [-0.2, -0.15) is 8.78 Å². The highest BCUT2D eigenvalue weighted by atomic mass is 19.3. The number of carbonyl (C=O) groups is 1. The number of rotatable bonds is 8. The van der Waals surface area contributed by atoms with Gasteiger partial charge in [0.05, 0.1) is 5.69 Å². The van der Waals surface area contributed by atoms with Crippen molar-refractivity contribution in [2.45, 2.75) is 38.8 Å². The quantitative estimate of drug-likeness (QED) is 0.666. The molecule has 1 amide bonds. The molecular formula is C22H25F3N2O2. The largest absolute Gasteiger partial charge is 0.434 e. The molecule has 4 nitrogen and oxygen atoms in total. The van der Waals surface area contributed by atoms with E-state index in [0.29, 0.717) is 25.3 Å². The van der Waals surface area contributed by atoms with E-state index in [0.717, 1.165) is 31.5 Å². The Morgan fingerprint density at radius 2 is 1.93 bits per heavy atom. The fourth-order valence-electron chi connectivity index (χ4n) is 3.73. The first-order valence-electron chi connectivity index (χ1n) is 9.80. The van der Waals surface area contributed by atoms with Gasteiger partial charge in [0.1, 0.15) is 11.6 Å². The minimum Gasteiger partial charge on any atom is -0.434 e. The van der Waals surface area contributed by atoms with Gasteiger partial charge in [0.25, 0.3) is 0 Å². The van der Waals surface area contributed by atoms with E-state index in [1.165, 1.54) is 12.1 Å². The monoisotopic (exact) mass is 406 g/mol. The summed E-state index contributed by atoms with van der Waals surface area (Å²) in [7, 11) is 0. The summed E-state index contributed by atoms with van der Waals surface area (Å²) in [6.45, 7) is -0.657. The van der Waals surface area contributed by atoms with E-state index >= 15 is 0 Å². The Bertz CT molecular complexity index is 816. The summed E-state index contributed by atoms with van der Waals surface area (Å²) in [4.78, 5) is 14.4. The molecule has 0 spiro atoms. The molecular weight excluding hydrogens is 381 g/mol. The highest BCUT2D eigenvalue weighted by Gasteiger charge is 2.22. The second kappa shape index (κ2) is 10.3. The molecule has 1 heterocycles. The predicted molar refractivity (Wildman–Crippen MR) is 105 cm³/mol. The SMILES string of the molecule is O=C(CC[C@H]1CCCN(Cc2ccccc2OC(F)F)C1)Nc1ccccc1F. The Labute approximate surface area is 168 Å². The molecule has 2 aromatic rings. The number of nitrogens with zero attached hydrogens (tertiary/aromatic N) is 1. The van der Waals surface area contributed by atoms with Crippen LogP contribution < -0.4 is 10.1 Å². The zero-order valence-electron chi connectivity index (χ0n) is 16.1. The first-order valence-corrected chi connectivity index (χ1v) is 9.80. The Balaban J connectivity index is 1.50. The van der Waals surface area contributed by atoms with Gasteiger partial charge in [0, 0.05) is 25.1 Å². The lowest BCUT2D eigenvalue weighted by atomic mass is 9.93. The number of hydrogen-bond donors (Lipinski definition) is 1. The van der Waals surface area contributed by atoms with Crippen LogP contribution >= 0.6 is 0 Å². The van der Waals surface area contributed by atoms with Crippen LogP contribution in [0, 0.1) is 11.7 Å². The van der Waals surface area contributed by atoms with Crippen LogP contribution in [0.15, 0.2) is 48.5 Å². The van der Waals surface area contributed by atoms with Crippen LogP contribution in [0.2, 0.25) is 0 Å². The highest BCUT2D eigenvalue weighted by Crippen LogP contribution is 2.26. The number of anilines is 1. The number of halogens is 3. The molecule has 1 aliphatic rings. The van der Waals surface area contributed by atoms with Gasteiger partial charge in [-0.05, 0) is 49.9 Å². The second-order valence-corrected chi connectivity index (χ2v) is 7.30. The summed E-state index contributed by atoms with van der Waals surface area (Å²) < 4.78 is 43.5. The first-order chi connectivity index (χ1) is 14.0. The van der Waals surface area contributed by atoms with E-state index in [9.17, 15) is 18.0 Å². The molecule has 0 unspecified atom stereocenters. The van der Waals surface area contributed by atoms with Crippen molar-refractivity contribution in [3.63, 3.8) is 0 Å². The topological polar surface area (TPSA) is 41.6 Å². The molecule has 1 fully saturated rings. The van der Waals surface area contributed by atoms with E-state index in [1.807, 2.05) is 6.07 Å². The maximum atomic E-state index is 13.6. The molecule has 0 saturated carbocycles. The number of piperidine rings is 1. The van der Waals surface area contributed by atoms with Crippen LogP contribution in [0.3, 0.4) is 0 Å². The lowest BCUT2D eigenvalue weighted by molar-refractivity contribution is -0.116. The van der Waals surface area contributed by atoms with Crippen molar-refractivity contribution in [3.8, 4) is 5.75 Å². The maximum Gasteiger partial charge on any atom is 0.387 e. The average molecular weight is 406 g/mol. The number of nitrogens with one attached hydrogen (secondary N) is 1. The van der Waals surface area contributed by atoms with Gasteiger partial charge in [0.2, 0.25) is 5.91 Å². The Kier molecular flexibility index (Phi) is 7.52. The third-order valence-electron chi connectivity index (χ3n) is 5.11. The molecule has 0 radical (unpaired) electrons. The van der Waals surface area contributed by atoms with Gasteiger partial charge in [-0.15, -0.1) is 0 Å². The van der Waals surface area contributed by atoms with E-state index < -0.39 is 12.4 Å². The van der Waals surface area contributed by atoms with Crippen LogP contribution in [0.5, 0.6) is 5.75 Å². The number of benzene rings is 2. The lowest BCUT2D eigenvalue weighted by Crippen LogP contribution is -2.35. The summed E-state index contributed by atoms with van der Waals surface area (Å²) in [6.07, 6.45) is 3.01. The molecule has 3 rings (SSSR count). The molecule has 0 aliphatic carbocycles. The lowest BCUT2D eigenvalue weighted by Gasteiger charge is -2.33. The van der Waals surface area contributed by atoms with Crippen LogP contribution in [0.4, 0.5) is 18.9 Å². The van der Waals surface area contributed by atoms with Crippen molar-refractivity contribution >= 4 is 11.6 Å². The molecule has 156 valence electrons. The molecule has 2 aromatic carbocycles. The average Bonchev–Trinajstić information content (AvgIpc) is 2.70. The Morgan fingerprint density at radius 1 is 1.17 bits per heavy atom. The van der Waals surface area contributed by atoms with Gasteiger partial charge in [-0.1, -0.05) is 30.3 Å². The molecule has 1 aliphatic heterocycles. The number of para-hydroxylation sites is 2. The van der Waals surface area contributed by atoms with Crippen LogP contribution in [-0.4, -0.2) is 30.5 Å². The molecule has 0 bridgehead atoms. The smallest absolute Gasteiger partial charge is 0.387 e. The van der Waals surface area contributed by atoms with Crippen molar-refractivity contribution in [1.82, 2.24) is 4.90 Å².